The van der Waals surface area contributed by atoms with Crippen molar-refractivity contribution < 1.29 is 4.74 Å². The van der Waals surface area contributed by atoms with Crippen LogP contribution in [0.15, 0.2) is 17.8 Å². The molecule has 6 heteroatoms. The highest BCUT2D eigenvalue weighted by Crippen LogP contribution is 2.24. The fourth-order valence-electron chi connectivity index (χ4n) is 2.33. The van der Waals surface area contributed by atoms with Crippen LogP contribution in [-0.2, 0) is 4.74 Å². The minimum atomic E-state index is 0.197. The van der Waals surface area contributed by atoms with Gasteiger partial charge in [-0.05, 0) is 25.4 Å². The molecule has 2 aromatic rings. The quantitative estimate of drug-likeness (QED) is 0.928. The van der Waals surface area contributed by atoms with Crippen molar-refractivity contribution in [2.24, 2.45) is 0 Å². The number of nitrogens with zero attached hydrogens (tertiary/aromatic N) is 3. The van der Waals surface area contributed by atoms with Crippen molar-refractivity contribution in [3.05, 3.63) is 17.8 Å². The van der Waals surface area contributed by atoms with Crippen LogP contribution < -0.4 is 5.32 Å². The Morgan fingerprint density at radius 2 is 2.42 bits per heavy atom. The fourth-order valence-corrected chi connectivity index (χ4v) is 3.06. The molecule has 0 saturated carbocycles. The highest BCUT2D eigenvalue weighted by molar-refractivity contribution is 7.16. The normalized spacial score (nSPS) is 22.5. The summed E-state index contributed by atoms with van der Waals surface area (Å²) in [6.45, 7) is 4.90. The van der Waals surface area contributed by atoms with Crippen molar-refractivity contribution in [3.8, 4) is 0 Å². The second-order valence-corrected chi connectivity index (χ2v) is 5.86. The summed E-state index contributed by atoms with van der Waals surface area (Å²) in [5.41, 5.74) is 0. The molecule has 0 radical (unpaired) electrons. The molecule has 1 N–H and O–H groups in total. The van der Waals surface area contributed by atoms with Crippen LogP contribution in [0.1, 0.15) is 6.92 Å². The van der Waals surface area contributed by atoms with Gasteiger partial charge in [-0.1, -0.05) is 0 Å². The number of morpholine rings is 1. The van der Waals surface area contributed by atoms with Gasteiger partial charge in [0.25, 0.3) is 0 Å². The summed E-state index contributed by atoms with van der Waals surface area (Å²) in [5.74, 6) is 0.899. The van der Waals surface area contributed by atoms with E-state index in [1.165, 1.54) is 0 Å². The number of hydrogen-bond donors (Lipinski definition) is 1. The molecule has 3 heterocycles. The van der Waals surface area contributed by atoms with Gasteiger partial charge in [0.2, 0.25) is 0 Å². The molecular formula is C13H18N4OS. The number of nitrogens with one attached hydrogen (secondary N) is 1. The maximum atomic E-state index is 5.83. The van der Waals surface area contributed by atoms with E-state index in [0.29, 0.717) is 0 Å². The molecular weight excluding hydrogens is 260 g/mol. The lowest BCUT2D eigenvalue weighted by Gasteiger charge is -2.34. The maximum Gasteiger partial charge on any atom is 0.138 e. The standard InChI is InChI=1S/C13H18N4OS/c1-9(11-7-17(2)4-5-18-11)16-12-10-3-6-19-13(10)15-8-14-12/h3,6,8-9,11H,4-5,7H2,1-2H3,(H,14,15,16). The molecule has 1 aliphatic rings. The predicted molar refractivity (Wildman–Crippen MR) is 77.7 cm³/mol. The molecule has 3 rings (SSSR count). The summed E-state index contributed by atoms with van der Waals surface area (Å²) >= 11 is 1.63. The minimum absolute atomic E-state index is 0.197. The molecule has 0 amide bonds. The summed E-state index contributed by atoms with van der Waals surface area (Å²) in [4.78, 5) is 11.9. The first-order valence-corrected chi connectivity index (χ1v) is 7.37. The van der Waals surface area contributed by atoms with E-state index in [1.54, 1.807) is 17.7 Å². The highest BCUT2D eigenvalue weighted by Gasteiger charge is 2.24. The van der Waals surface area contributed by atoms with Crippen LogP contribution >= 0.6 is 11.3 Å². The van der Waals surface area contributed by atoms with Gasteiger partial charge in [0.1, 0.15) is 17.0 Å². The van der Waals surface area contributed by atoms with Gasteiger partial charge in [-0.25, -0.2) is 9.97 Å². The van der Waals surface area contributed by atoms with Crippen LogP contribution in [-0.4, -0.2) is 53.8 Å². The number of hydrogen-bond acceptors (Lipinski definition) is 6. The van der Waals surface area contributed by atoms with Crippen molar-refractivity contribution in [1.29, 1.82) is 0 Å². The van der Waals surface area contributed by atoms with E-state index in [0.717, 1.165) is 35.7 Å². The van der Waals surface area contributed by atoms with Crippen LogP contribution in [0.4, 0.5) is 5.82 Å². The molecule has 19 heavy (non-hydrogen) atoms. The molecule has 2 atom stereocenters. The summed E-state index contributed by atoms with van der Waals surface area (Å²) in [6.07, 6.45) is 1.81. The molecule has 0 aromatic carbocycles. The van der Waals surface area contributed by atoms with Crippen LogP contribution in [0.3, 0.4) is 0 Å². The largest absolute Gasteiger partial charge is 0.373 e. The van der Waals surface area contributed by atoms with E-state index in [4.69, 9.17) is 4.74 Å². The van der Waals surface area contributed by atoms with E-state index in [2.05, 4.69) is 40.2 Å². The Kier molecular flexibility index (Phi) is 3.63. The molecule has 0 spiro atoms. The van der Waals surface area contributed by atoms with Crippen molar-refractivity contribution in [1.82, 2.24) is 14.9 Å². The number of thiophene rings is 1. The lowest BCUT2D eigenvalue weighted by atomic mass is 10.1. The molecule has 2 unspecified atom stereocenters. The number of likely N-dealkylation sites (N-methyl/N-ethyl adjacent to an activating group) is 1. The van der Waals surface area contributed by atoms with Crippen LogP contribution in [0.2, 0.25) is 0 Å². The van der Waals surface area contributed by atoms with Crippen molar-refractivity contribution >= 4 is 27.4 Å². The topological polar surface area (TPSA) is 50.3 Å². The van der Waals surface area contributed by atoms with Crippen molar-refractivity contribution in [2.75, 3.05) is 32.1 Å². The molecule has 1 aliphatic heterocycles. The van der Waals surface area contributed by atoms with Gasteiger partial charge >= 0.3 is 0 Å². The first-order valence-electron chi connectivity index (χ1n) is 6.49. The third-order valence-electron chi connectivity index (χ3n) is 3.48. The van der Waals surface area contributed by atoms with Gasteiger partial charge in [-0.3, -0.25) is 0 Å². The number of fused-ring (bicyclic) bond motifs is 1. The van der Waals surface area contributed by atoms with Crippen molar-refractivity contribution in [3.63, 3.8) is 0 Å². The average Bonchev–Trinajstić information content (AvgIpc) is 2.88. The van der Waals surface area contributed by atoms with Crippen LogP contribution in [0, 0.1) is 0 Å². The van der Waals surface area contributed by atoms with E-state index in [-0.39, 0.29) is 12.1 Å². The smallest absolute Gasteiger partial charge is 0.138 e. The van der Waals surface area contributed by atoms with E-state index >= 15 is 0 Å². The molecule has 102 valence electrons. The molecule has 2 aromatic heterocycles. The summed E-state index contributed by atoms with van der Waals surface area (Å²) in [6, 6.07) is 2.28. The Bertz CT molecular complexity index is 558. The summed E-state index contributed by atoms with van der Waals surface area (Å²) < 4.78 is 5.83. The Hall–Kier alpha value is -1.24. The van der Waals surface area contributed by atoms with Crippen molar-refractivity contribution in [2.45, 2.75) is 19.1 Å². The lowest BCUT2D eigenvalue weighted by molar-refractivity contribution is -0.0259. The zero-order valence-electron chi connectivity index (χ0n) is 11.2. The molecule has 0 aliphatic carbocycles. The van der Waals surface area contributed by atoms with Gasteiger partial charge in [0, 0.05) is 13.1 Å². The van der Waals surface area contributed by atoms with Gasteiger partial charge < -0.3 is 15.0 Å². The number of anilines is 1. The Morgan fingerprint density at radius 3 is 3.26 bits per heavy atom. The Morgan fingerprint density at radius 1 is 1.53 bits per heavy atom. The van der Waals surface area contributed by atoms with Crippen LogP contribution in [0.5, 0.6) is 0 Å². The van der Waals surface area contributed by atoms with Gasteiger partial charge in [0.15, 0.2) is 0 Å². The Balaban J connectivity index is 1.75. The third kappa shape index (κ3) is 2.70. The summed E-state index contributed by atoms with van der Waals surface area (Å²) in [7, 11) is 2.13. The summed E-state index contributed by atoms with van der Waals surface area (Å²) in [5, 5.41) is 6.59. The fraction of sp³-hybridized carbons (Fsp3) is 0.538. The predicted octanol–water partition coefficient (Wildman–Crippen LogP) is 1.82. The number of ether oxygens (including phenoxy) is 1. The SMILES string of the molecule is CC(Nc1ncnc2sccc12)C1CN(C)CCO1. The Labute approximate surface area is 116 Å². The third-order valence-corrected chi connectivity index (χ3v) is 4.30. The zero-order valence-corrected chi connectivity index (χ0v) is 12.0. The average molecular weight is 278 g/mol. The van der Waals surface area contributed by atoms with E-state index < -0.39 is 0 Å². The minimum Gasteiger partial charge on any atom is -0.373 e. The van der Waals surface area contributed by atoms with Gasteiger partial charge in [-0.15, -0.1) is 11.3 Å². The first-order chi connectivity index (χ1) is 9.24. The number of rotatable bonds is 3. The number of aromatic nitrogens is 2. The molecule has 0 bridgehead atoms. The highest BCUT2D eigenvalue weighted by atomic mass is 32.1. The second-order valence-electron chi connectivity index (χ2n) is 4.97. The molecule has 1 fully saturated rings. The molecule has 5 nitrogen and oxygen atoms in total. The van der Waals surface area contributed by atoms with Gasteiger partial charge in [-0.2, -0.15) is 0 Å². The molecule has 1 saturated heterocycles. The van der Waals surface area contributed by atoms with Crippen LogP contribution in [0.25, 0.3) is 10.2 Å². The van der Waals surface area contributed by atoms with E-state index in [1.807, 2.05) is 5.38 Å². The maximum absolute atomic E-state index is 5.83. The van der Waals surface area contributed by atoms with Gasteiger partial charge in [0.05, 0.1) is 24.1 Å². The first kappa shape index (κ1) is 12.8. The zero-order chi connectivity index (χ0) is 13.2. The lowest BCUT2D eigenvalue weighted by Crippen LogP contribution is -2.47. The second kappa shape index (κ2) is 5.40. The van der Waals surface area contributed by atoms with E-state index in [9.17, 15) is 0 Å². The monoisotopic (exact) mass is 278 g/mol.